The number of thiazole rings is 1. The number of morpholine rings is 1. The molecule has 1 amide bonds. The van der Waals surface area contributed by atoms with Gasteiger partial charge in [0.25, 0.3) is 5.56 Å². The summed E-state index contributed by atoms with van der Waals surface area (Å²) in [6.45, 7) is 8.55. The zero-order valence-corrected chi connectivity index (χ0v) is 19.4. The summed E-state index contributed by atoms with van der Waals surface area (Å²) in [6, 6.07) is 9.84. The zero-order chi connectivity index (χ0) is 23.2. The maximum atomic E-state index is 13.1. The van der Waals surface area contributed by atoms with Crippen molar-refractivity contribution in [1.29, 1.82) is 0 Å². The first kappa shape index (κ1) is 22.9. The Hall–Kier alpha value is -3.30. The van der Waals surface area contributed by atoms with Gasteiger partial charge in [-0.3, -0.25) is 19.5 Å². The number of rotatable bonds is 8. The number of H-pyrrole nitrogens is 1. The molecular weight excluding hydrogens is 438 g/mol. The van der Waals surface area contributed by atoms with Gasteiger partial charge >= 0.3 is 0 Å². The smallest absolute Gasteiger partial charge is 0.255 e. The molecule has 1 N–H and O–H groups in total. The summed E-state index contributed by atoms with van der Waals surface area (Å²) in [5, 5.41) is 2.56. The van der Waals surface area contributed by atoms with Gasteiger partial charge in [-0.15, -0.1) is 17.9 Å². The lowest BCUT2D eigenvalue weighted by molar-refractivity contribution is -0.118. The Kier molecular flexibility index (Phi) is 7.31. The Labute approximate surface area is 196 Å². The molecule has 33 heavy (non-hydrogen) atoms. The summed E-state index contributed by atoms with van der Waals surface area (Å²) in [6.07, 6.45) is 2.16. The number of carbonyl (C=O) groups excluding carboxylic acids is 1. The van der Waals surface area contributed by atoms with Crippen molar-refractivity contribution in [3.8, 4) is 11.3 Å². The number of aromatic amines is 1. The quantitative estimate of drug-likeness (QED) is 0.514. The molecule has 172 valence electrons. The molecule has 4 rings (SSSR count). The molecule has 1 saturated heterocycles. The number of anilines is 2. The first-order valence-electron chi connectivity index (χ1n) is 10.9. The second-order valence-corrected chi connectivity index (χ2v) is 8.56. The highest BCUT2D eigenvalue weighted by molar-refractivity contribution is 7.14. The van der Waals surface area contributed by atoms with Crippen molar-refractivity contribution in [3.63, 3.8) is 0 Å². The van der Waals surface area contributed by atoms with Crippen LogP contribution in [0.3, 0.4) is 0 Å². The van der Waals surface area contributed by atoms with E-state index in [1.54, 1.807) is 11.0 Å². The largest absolute Gasteiger partial charge is 0.378 e. The number of nitrogens with one attached hydrogen (secondary N) is 1. The standard InChI is InChI=1S/C24H27N5O3S/c1-3-11-29(24-26-20(16-33-24)18-7-5-4-6-8-18)21(30)10-9-19-17(2)25-23(27-22(19)31)28-12-14-32-15-13-28/h3-8,16H,1,9-15H2,2H3,(H,25,27,31). The van der Waals surface area contributed by atoms with Crippen molar-refractivity contribution in [2.75, 3.05) is 42.6 Å². The minimum Gasteiger partial charge on any atom is -0.378 e. The lowest BCUT2D eigenvalue weighted by atomic mass is 10.1. The van der Waals surface area contributed by atoms with Gasteiger partial charge in [0, 0.05) is 48.3 Å². The number of amides is 1. The molecule has 0 unspecified atom stereocenters. The summed E-state index contributed by atoms with van der Waals surface area (Å²) < 4.78 is 5.36. The molecule has 3 heterocycles. The number of aryl methyl sites for hydroxylation is 1. The second kappa shape index (κ2) is 10.5. The zero-order valence-electron chi connectivity index (χ0n) is 18.6. The highest BCUT2D eigenvalue weighted by atomic mass is 32.1. The lowest BCUT2D eigenvalue weighted by Crippen LogP contribution is -2.39. The summed E-state index contributed by atoms with van der Waals surface area (Å²) >= 11 is 1.42. The average Bonchev–Trinajstić information content (AvgIpc) is 3.33. The molecule has 0 bridgehead atoms. The van der Waals surface area contributed by atoms with Crippen LogP contribution in [0.5, 0.6) is 0 Å². The van der Waals surface area contributed by atoms with Crippen LogP contribution in [0.2, 0.25) is 0 Å². The normalized spacial score (nSPS) is 13.7. The van der Waals surface area contributed by atoms with Crippen LogP contribution < -0.4 is 15.4 Å². The van der Waals surface area contributed by atoms with Gasteiger partial charge in [-0.1, -0.05) is 36.4 Å². The molecule has 0 spiro atoms. The van der Waals surface area contributed by atoms with Crippen LogP contribution in [-0.2, 0) is 16.0 Å². The first-order valence-corrected chi connectivity index (χ1v) is 11.8. The molecule has 8 nitrogen and oxygen atoms in total. The molecule has 2 aromatic heterocycles. The van der Waals surface area contributed by atoms with Crippen molar-refractivity contribution < 1.29 is 9.53 Å². The maximum absolute atomic E-state index is 13.1. The summed E-state index contributed by atoms with van der Waals surface area (Å²) in [4.78, 5) is 41.5. The molecule has 1 fully saturated rings. The molecule has 0 atom stereocenters. The third-order valence-corrected chi connectivity index (χ3v) is 6.38. The van der Waals surface area contributed by atoms with Gasteiger partial charge in [0.15, 0.2) is 5.13 Å². The fourth-order valence-electron chi connectivity index (χ4n) is 3.73. The number of ether oxygens (including phenoxy) is 1. The molecule has 1 aliphatic rings. The second-order valence-electron chi connectivity index (χ2n) is 7.73. The van der Waals surface area contributed by atoms with Crippen molar-refractivity contribution in [2.24, 2.45) is 0 Å². The molecule has 0 aliphatic carbocycles. The Morgan fingerprint density at radius 1 is 1.27 bits per heavy atom. The van der Waals surface area contributed by atoms with E-state index >= 15 is 0 Å². The van der Waals surface area contributed by atoms with E-state index in [9.17, 15) is 9.59 Å². The number of hydrogen-bond acceptors (Lipinski definition) is 7. The van der Waals surface area contributed by atoms with E-state index in [1.165, 1.54) is 11.3 Å². The first-order chi connectivity index (χ1) is 16.1. The Bertz CT molecular complexity index is 1170. The maximum Gasteiger partial charge on any atom is 0.255 e. The number of benzene rings is 1. The van der Waals surface area contributed by atoms with Gasteiger partial charge in [-0.2, -0.15) is 0 Å². The monoisotopic (exact) mass is 465 g/mol. The van der Waals surface area contributed by atoms with Gasteiger partial charge < -0.3 is 9.64 Å². The van der Waals surface area contributed by atoms with Gasteiger partial charge in [0.1, 0.15) is 0 Å². The van der Waals surface area contributed by atoms with Gasteiger partial charge in [-0.25, -0.2) is 9.97 Å². The van der Waals surface area contributed by atoms with E-state index in [4.69, 9.17) is 4.74 Å². The Morgan fingerprint density at radius 2 is 2.03 bits per heavy atom. The van der Waals surface area contributed by atoms with Gasteiger partial charge in [0.05, 0.1) is 18.9 Å². The summed E-state index contributed by atoms with van der Waals surface area (Å²) in [5.41, 5.74) is 2.80. The van der Waals surface area contributed by atoms with Crippen LogP contribution in [0.15, 0.2) is 53.2 Å². The van der Waals surface area contributed by atoms with Crippen LogP contribution in [0.25, 0.3) is 11.3 Å². The van der Waals surface area contributed by atoms with Crippen LogP contribution >= 0.6 is 11.3 Å². The third kappa shape index (κ3) is 5.37. The average molecular weight is 466 g/mol. The molecular formula is C24H27N5O3S. The summed E-state index contributed by atoms with van der Waals surface area (Å²) in [7, 11) is 0. The molecule has 0 radical (unpaired) electrons. The van der Waals surface area contributed by atoms with Crippen LogP contribution in [0, 0.1) is 6.92 Å². The van der Waals surface area contributed by atoms with E-state index < -0.39 is 0 Å². The van der Waals surface area contributed by atoms with Crippen LogP contribution in [-0.4, -0.2) is 53.7 Å². The van der Waals surface area contributed by atoms with E-state index in [0.717, 1.165) is 11.3 Å². The molecule has 1 aliphatic heterocycles. The predicted molar refractivity (Wildman–Crippen MR) is 131 cm³/mol. The van der Waals surface area contributed by atoms with Crippen molar-refractivity contribution in [1.82, 2.24) is 15.0 Å². The number of hydrogen-bond donors (Lipinski definition) is 1. The fourth-order valence-corrected chi connectivity index (χ4v) is 4.59. The van der Waals surface area contributed by atoms with E-state index in [0.29, 0.717) is 61.6 Å². The SMILES string of the molecule is C=CCN(C(=O)CCc1c(C)nc(N2CCOCC2)[nH]c1=O)c1nc(-c2ccccc2)cs1. The lowest BCUT2D eigenvalue weighted by Gasteiger charge is -2.27. The highest BCUT2D eigenvalue weighted by Crippen LogP contribution is 2.28. The van der Waals surface area contributed by atoms with E-state index in [1.807, 2.05) is 47.5 Å². The molecule has 0 saturated carbocycles. The van der Waals surface area contributed by atoms with Crippen LogP contribution in [0.4, 0.5) is 11.1 Å². The van der Waals surface area contributed by atoms with Gasteiger partial charge in [-0.05, 0) is 13.3 Å². The minimum absolute atomic E-state index is 0.111. The number of nitrogens with zero attached hydrogens (tertiary/aromatic N) is 4. The van der Waals surface area contributed by atoms with Crippen LogP contribution in [0.1, 0.15) is 17.7 Å². The van der Waals surface area contributed by atoms with Crippen molar-refractivity contribution >= 4 is 28.3 Å². The number of aromatic nitrogens is 3. The molecule has 1 aromatic carbocycles. The fraction of sp³-hybridized carbons (Fsp3) is 0.333. The Morgan fingerprint density at radius 3 is 2.73 bits per heavy atom. The molecule has 9 heteroatoms. The van der Waals surface area contributed by atoms with Crippen molar-refractivity contribution in [3.05, 3.63) is 70.0 Å². The van der Waals surface area contributed by atoms with E-state index in [-0.39, 0.29) is 17.9 Å². The summed E-state index contributed by atoms with van der Waals surface area (Å²) in [5.74, 6) is 0.445. The topological polar surface area (TPSA) is 91.4 Å². The highest BCUT2D eigenvalue weighted by Gasteiger charge is 2.21. The predicted octanol–water partition coefficient (Wildman–Crippen LogP) is 3.19. The molecule has 3 aromatic rings. The third-order valence-electron chi connectivity index (χ3n) is 5.51. The minimum atomic E-state index is -0.201. The Balaban J connectivity index is 1.47. The van der Waals surface area contributed by atoms with Crippen molar-refractivity contribution in [2.45, 2.75) is 19.8 Å². The van der Waals surface area contributed by atoms with Gasteiger partial charge in [0.2, 0.25) is 11.9 Å². The number of carbonyl (C=O) groups is 1. The van der Waals surface area contributed by atoms with E-state index in [2.05, 4.69) is 21.5 Å².